The molecule has 2 atom stereocenters. The fourth-order valence-corrected chi connectivity index (χ4v) is 12.0. The third-order valence-electron chi connectivity index (χ3n) is 13.0. The van der Waals surface area contributed by atoms with Gasteiger partial charge in [0.1, 0.15) is 24.6 Å². The second-order valence-corrected chi connectivity index (χ2v) is 24.7. The molecule has 2 heterocycles. The lowest BCUT2D eigenvalue weighted by Crippen LogP contribution is -2.46. The summed E-state index contributed by atoms with van der Waals surface area (Å²) in [5.74, 6) is -1.18. The first kappa shape index (κ1) is 56.1. The number of sulfonamides is 2. The lowest BCUT2D eigenvalue weighted by Gasteiger charge is -2.35. The predicted molar refractivity (Wildman–Crippen MR) is 284 cm³/mol. The molecule has 6 rings (SSSR count). The summed E-state index contributed by atoms with van der Waals surface area (Å²) in [6.07, 6.45) is 1.99. The number of carbonyl (C=O) groups is 2. The van der Waals surface area contributed by atoms with E-state index in [0.29, 0.717) is 24.2 Å². The Kier molecular flexibility index (Phi) is 18.9. The van der Waals surface area contributed by atoms with Crippen LogP contribution in [0, 0.1) is 0 Å². The zero-order valence-electron chi connectivity index (χ0n) is 44.2. The molecular weight excluding hydrogens is 953 g/mol. The molecule has 4 aromatic carbocycles. The van der Waals surface area contributed by atoms with E-state index in [4.69, 9.17) is 18.9 Å². The van der Waals surface area contributed by atoms with E-state index in [-0.39, 0.29) is 45.2 Å². The summed E-state index contributed by atoms with van der Waals surface area (Å²) in [5, 5.41) is 0. The second kappa shape index (κ2) is 24.2. The van der Waals surface area contributed by atoms with Gasteiger partial charge in [-0.15, -0.1) is 0 Å². The lowest BCUT2D eigenvalue weighted by atomic mass is 9.87. The normalized spacial score (nSPS) is 16.2. The van der Waals surface area contributed by atoms with Gasteiger partial charge in [-0.05, 0) is 146 Å². The second-order valence-electron chi connectivity index (χ2n) is 21.0. The summed E-state index contributed by atoms with van der Waals surface area (Å²) in [5.41, 5.74) is 4.13. The van der Waals surface area contributed by atoms with Crippen molar-refractivity contribution in [1.29, 1.82) is 0 Å². The van der Waals surface area contributed by atoms with Crippen LogP contribution < -0.4 is 18.1 Å². The topological polar surface area (TPSA) is 152 Å². The number of fused-ring (bicyclic) bond motifs is 2. The van der Waals surface area contributed by atoms with Gasteiger partial charge in [-0.3, -0.25) is 18.2 Å². The van der Waals surface area contributed by atoms with Crippen LogP contribution >= 0.6 is 0 Å². The van der Waals surface area contributed by atoms with Crippen LogP contribution in [0.3, 0.4) is 0 Å². The predicted octanol–water partition coefficient (Wildman–Crippen LogP) is 10.0. The Morgan fingerprint density at radius 3 is 1.17 bits per heavy atom. The Morgan fingerprint density at radius 1 is 0.528 bits per heavy atom. The van der Waals surface area contributed by atoms with E-state index in [9.17, 15) is 26.4 Å². The molecule has 72 heavy (non-hydrogen) atoms. The van der Waals surface area contributed by atoms with E-state index in [1.807, 2.05) is 48.5 Å². The molecule has 2 aliphatic rings. The maximum Gasteiger partial charge on any atom is 0.309 e. The van der Waals surface area contributed by atoms with Crippen molar-refractivity contribution in [2.45, 2.75) is 154 Å². The maximum absolute atomic E-state index is 14.5. The highest BCUT2D eigenvalue weighted by Gasteiger charge is 2.39. The fourth-order valence-electron chi connectivity index (χ4n) is 9.06. The van der Waals surface area contributed by atoms with Crippen LogP contribution in [-0.4, -0.2) is 104 Å². The first-order valence-electron chi connectivity index (χ1n) is 25.8. The summed E-state index contributed by atoms with van der Waals surface area (Å²) >= 11 is 0. The number of rotatable bonds is 23. The van der Waals surface area contributed by atoms with Crippen LogP contribution in [0.15, 0.2) is 94.7 Å². The number of anilines is 2. The molecule has 0 radical (unpaired) electrons. The molecule has 0 saturated carbocycles. The number of benzene rings is 4. The number of ether oxygens (including phenoxy) is 4. The minimum atomic E-state index is -4.17. The minimum Gasteiger partial charge on any atom is -0.451 e. The molecular formula is C56H78N4O10S2. The van der Waals surface area contributed by atoms with Gasteiger partial charge >= 0.3 is 11.9 Å². The van der Waals surface area contributed by atoms with Crippen LogP contribution in [0.5, 0.6) is 11.5 Å². The molecule has 0 amide bonds. The van der Waals surface area contributed by atoms with E-state index >= 15 is 0 Å². The molecule has 0 spiro atoms. The number of hydrogen-bond acceptors (Lipinski definition) is 12. The molecule has 16 heteroatoms. The van der Waals surface area contributed by atoms with Crippen molar-refractivity contribution in [2.75, 3.05) is 61.0 Å². The highest BCUT2D eigenvalue weighted by Crippen LogP contribution is 2.41. The van der Waals surface area contributed by atoms with E-state index < -0.39 is 57.4 Å². The van der Waals surface area contributed by atoms with Crippen molar-refractivity contribution in [2.24, 2.45) is 0 Å². The highest BCUT2D eigenvalue weighted by atomic mass is 32.2. The highest BCUT2D eigenvalue weighted by molar-refractivity contribution is 7.93. The van der Waals surface area contributed by atoms with Crippen molar-refractivity contribution in [3.05, 3.63) is 107 Å². The molecule has 394 valence electrons. The van der Waals surface area contributed by atoms with Gasteiger partial charge in [-0.2, -0.15) is 0 Å². The lowest BCUT2D eigenvalue weighted by molar-refractivity contribution is -0.170. The van der Waals surface area contributed by atoms with Crippen molar-refractivity contribution in [1.82, 2.24) is 9.80 Å². The Morgan fingerprint density at radius 2 is 0.861 bits per heavy atom. The molecule has 0 N–H and O–H groups in total. The SMILES string of the molecule is CCCN(CCC)CCc1ccc2c(c1)N(S(=O)(=O)c1ccc(C(C)(C)C)cc1)CC(OC(=O)CCC(=O)OC1CN(S(=O)(=O)c3ccc(C(C)(C)C)cc3)c3cc(CCN(CCC)CCC)ccc3O1)O2. The number of esters is 2. The smallest absolute Gasteiger partial charge is 0.309 e. The van der Waals surface area contributed by atoms with Gasteiger partial charge in [0.15, 0.2) is 0 Å². The quantitative estimate of drug-likeness (QED) is 0.0650. The molecule has 14 nitrogen and oxygen atoms in total. The average Bonchev–Trinajstić information content (AvgIpc) is 3.33. The van der Waals surface area contributed by atoms with Gasteiger partial charge in [0.2, 0.25) is 0 Å². The Labute approximate surface area is 430 Å². The van der Waals surface area contributed by atoms with E-state index in [0.717, 1.165) is 87.2 Å². The molecule has 0 aliphatic carbocycles. The van der Waals surface area contributed by atoms with Crippen LogP contribution in [0.4, 0.5) is 11.4 Å². The van der Waals surface area contributed by atoms with Crippen molar-refractivity contribution < 1.29 is 45.4 Å². The van der Waals surface area contributed by atoms with Gasteiger partial charge in [-0.1, -0.05) is 106 Å². The van der Waals surface area contributed by atoms with Crippen LogP contribution in [-0.2, 0) is 62.8 Å². The minimum absolute atomic E-state index is 0.0811. The molecule has 2 aliphatic heterocycles. The molecule has 4 aromatic rings. The molecule has 0 saturated heterocycles. The zero-order chi connectivity index (χ0) is 52.4. The van der Waals surface area contributed by atoms with Crippen molar-refractivity contribution in [3.8, 4) is 11.5 Å². The first-order valence-corrected chi connectivity index (χ1v) is 28.6. The van der Waals surface area contributed by atoms with Crippen LogP contribution in [0.2, 0.25) is 0 Å². The van der Waals surface area contributed by atoms with Crippen molar-refractivity contribution >= 4 is 43.4 Å². The first-order chi connectivity index (χ1) is 34.1. The van der Waals surface area contributed by atoms with Gasteiger partial charge in [0.05, 0.1) is 34.0 Å². The molecule has 0 bridgehead atoms. The van der Waals surface area contributed by atoms with Crippen molar-refractivity contribution in [3.63, 3.8) is 0 Å². The van der Waals surface area contributed by atoms with Gasteiger partial charge in [0.25, 0.3) is 32.6 Å². The summed E-state index contributed by atoms with van der Waals surface area (Å²) in [6, 6.07) is 24.5. The fraction of sp³-hybridized carbons (Fsp3) is 0.536. The van der Waals surface area contributed by atoms with E-state index in [1.165, 1.54) is 8.61 Å². The maximum atomic E-state index is 14.5. The summed E-state index contributed by atoms with van der Waals surface area (Å²) < 4.78 is 84.2. The number of nitrogens with zero attached hydrogens (tertiary/aromatic N) is 4. The zero-order valence-corrected chi connectivity index (χ0v) is 45.9. The summed E-state index contributed by atoms with van der Waals surface area (Å²) in [7, 11) is -8.35. The van der Waals surface area contributed by atoms with Gasteiger partial charge < -0.3 is 28.7 Å². The average molecular weight is 1030 g/mol. The Hall–Kier alpha value is -5.16. The monoisotopic (exact) mass is 1030 g/mol. The van der Waals surface area contributed by atoms with Crippen LogP contribution in [0.25, 0.3) is 0 Å². The Balaban J connectivity index is 1.17. The number of carbonyl (C=O) groups excluding carboxylic acids is 2. The third kappa shape index (κ3) is 14.3. The Bertz CT molecular complexity index is 2480. The molecule has 0 aromatic heterocycles. The van der Waals surface area contributed by atoms with E-state index in [1.54, 1.807) is 36.4 Å². The largest absolute Gasteiger partial charge is 0.451 e. The van der Waals surface area contributed by atoms with E-state index in [2.05, 4.69) is 79.0 Å². The molecule has 0 fully saturated rings. The summed E-state index contributed by atoms with van der Waals surface area (Å²) in [6.45, 7) is 25.8. The summed E-state index contributed by atoms with van der Waals surface area (Å²) in [4.78, 5) is 31.9. The standard InChI is InChI=1S/C56H78N4O10S2/c1-11-31-57(32-12-2)35-29-41-15-25-49-47(37-41)59(71(63,64)45-21-17-43(18-22-45)55(5,6)7)39-53(67-49)69-51(61)27-28-52(62)70-54-40-60(72(65,66)46-23-19-44(20-24-46)56(8,9)10)48-38-42(16-26-50(48)68-54)30-36-58(33-13-3)34-14-4/h15-26,37-38,53-54H,11-14,27-36,39-40H2,1-10H3. The number of hydrogen-bond donors (Lipinski definition) is 0. The van der Waals surface area contributed by atoms with Gasteiger partial charge in [-0.25, -0.2) is 16.8 Å². The molecule has 2 unspecified atom stereocenters. The van der Waals surface area contributed by atoms with Gasteiger partial charge in [0, 0.05) is 13.1 Å². The van der Waals surface area contributed by atoms with Crippen LogP contribution in [0.1, 0.15) is 130 Å². The third-order valence-corrected chi connectivity index (χ3v) is 16.6.